The third-order valence-corrected chi connectivity index (χ3v) is 3.01. The normalized spacial score (nSPS) is 15.1. The molecule has 0 radical (unpaired) electrons. The van der Waals surface area contributed by atoms with Gasteiger partial charge in [-0.1, -0.05) is 29.5 Å². The number of hydrogen-bond acceptors (Lipinski definition) is 2. The van der Waals surface area contributed by atoms with E-state index >= 15 is 0 Å². The molecule has 1 heterocycles. The predicted octanol–water partition coefficient (Wildman–Crippen LogP) is 3.56. The highest BCUT2D eigenvalue weighted by atomic mass is 35.5. The first-order valence-corrected chi connectivity index (χ1v) is 6.96. The van der Waals surface area contributed by atoms with Gasteiger partial charge >= 0.3 is 6.09 Å². The summed E-state index contributed by atoms with van der Waals surface area (Å²) in [7, 11) is 0. The Morgan fingerprint density at radius 3 is 2.70 bits per heavy atom. The van der Waals surface area contributed by atoms with E-state index in [1.165, 1.54) is 0 Å². The molecule has 3 nitrogen and oxygen atoms in total. The summed E-state index contributed by atoms with van der Waals surface area (Å²) < 4.78 is 5.29. The number of likely N-dealkylation sites (tertiary alicyclic amines) is 1. The van der Waals surface area contributed by atoms with E-state index in [1.807, 2.05) is 45.0 Å². The fourth-order valence-electron chi connectivity index (χ4n) is 1.80. The fraction of sp³-hybridized carbons (Fsp3) is 0.438. The Morgan fingerprint density at radius 2 is 2.10 bits per heavy atom. The molecule has 2 rings (SSSR count). The molecule has 0 N–H and O–H groups in total. The van der Waals surface area contributed by atoms with Gasteiger partial charge in [-0.15, -0.1) is 0 Å². The zero-order valence-corrected chi connectivity index (χ0v) is 12.7. The number of carbonyl (C=O) groups excluding carboxylic acids is 1. The van der Waals surface area contributed by atoms with Gasteiger partial charge in [0.1, 0.15) is 5.60 Å². The van der Waals surface area contributed by atoms with Crippen molar-refractivity contribution in [2.24, 2.45) is 5.92 Å². The monoisotopic (exact) mass is 291 g/mol. The van der Waals surface area contributed by atoms with Gasteiger partial charge < -0.3 is 9.64 Å². The topological polar surface area (TPSA) is 29.5 Å². The number of amides is 1. The minimum atomic E-state index is -0.450. The maximum Gasteiger partial charge on any atom is 0.410 e. The molecular weight excluding hydrogens is 274 g/mol. The van der Waals surface area contributed by atoms with Gasteiger partial charge in [0.05, 0.1) is 5.92 Å². The van der Waals surface area contributed by atoms with Gasteiger partial charge in [0, 0.05) is 23.7 Å². The van der Waals surface area contributed by atoms with Crippen molar-refractivity contribution < 1.29 is 9.53 Å². The molecule has 1 aliphatic rings. The van der Waals surface area contributed by atoms with Crippen LogP contribution in [0.3, 0.4) is 0 Å². The van der Waals surface area contributed by atoms with E-state index in [-0.39, 0.29) is 12.0 Å². The standard InChI is InChI=1S/C16H18ClNO2/c1-16(2,3)20-15(19)18-10-13(11-18)8-7-12-5-4-6-14(17)9-12/h4-6,9,13H,10-11H2,1-3H3. The Kier molecular flexibility index (Phi) is 4.25. The van der Waals surface area contributed by atoms with Crippen LogP contribution in [0.2, 0.25) is 5.02 Å². The molecule has 0 unspecified atom stereocenters. The highest BCUT2D eigenvalue weighted by Crippen LogP contribution is 2.19. The van der Waals surface area contributed by atoms with E-state index in [0.717, 1.165) is 5.56 Å². The Bertz CT molecular complexity index is 560. The van der Waals surface area contributed by atoms with Crippen molar-refractivity contribution in [3.63, 3.8) is 0 Å². The predicted molar refractivity (Wildman–Crippen MR) is 79.6 cm³/mol. The molecule has 0 aliphatic carbocycles. The lowest BCUT2D eigenvalue weighted by Crippen LogP contribution is -2.51. The van der Waals surface area contributed by atoms with Crippen LogP contribution in [0.5, 0.6) is 0 Å². The second-order valence-electron chi connectivity index (χ2n) is 5.86. The van der Waals surface area contributed by atoms with Crippen molar-refractivity contribution in [3.8, 4) is 11.8 Å². The van der Waals surface area contributed by atoms with Crippen molar-refractivity contribution in [2.75, 3.05) is 13.1 Å². The summed E-state index contributed by atoms with van der Waals surface area (Å²) in [5, 5.41) is 0.681. The number of carbonyl (C=O) groups is 1. The number of rotatable bonds is 0. The van der Waals surface area contributed by atoms with Gasteiger partial charge in [-0.3, -0.25) is 0 Å². The molecule has 20 heavy (non-hydrogen) atoms. The minimum Gasteiger partial charge on any atom is -0.444 e. The lowest BCUT2D eigenvalue weighted by molar-refractivity contribution is 0.00592. The number of ether oxygens (including phenoxy) is 1. The van der Waals surface area contributed by atoms with Crippen LogP contribution in [-0.4, -0.2) is 29.7 Å². The van der Waals surface area contributed by atoms with E-state index < -0.39 is 5.60 Å². The molecule has 1 saturated heterocycles. The van der Waals surface area contributed by atoms with Crippen LogP contribution in [0.25, 0.3) is 0 Å². The van der Waals surface area contributed by atoms with Gasteiger partial charge in [0.2, 0.25) is 0 Å². The fourth-order valence-corrected chi connectivity index (χ4v) is 1.99. The van der Waals surface area contributed by atoms with Crippen LogP contribution in [-0.2, 0) is 4.74 Å². The molecular formula is C16H18ClNO2. The van der Waals surface area contributed by atoms with Crippen molar-refractivity contribution in [1.29, 1.82) is 0 Å². The van der Waals surface area contributed by atoms with Crippen LogP contribution >= 0.6 is 11.6 Å². The molecule has 1 amide bonds. The molecule has 0 spiro atoms. The van der Waals surface area contributed by atoms with E-state index in [2.05, 4.69) is 11.8 Å². The number of nitrogens with zero attached hydrogens (tertiary/aromatic N) is 1. The third kappa shape index (κ3) is 4.18. The Labute approximate surface area is 124 Å². The summed E-state index contributed by atoms with van der Waals surface area (Å²) in [6.45, 7) is 6.84. The summed E-state index contributed by atoms with van der Waals surface area (Å²) >= 11 is 5.90. The molecule has 0 aromatic heterocycles. The van der Waals surface area contributed by atoms with Crippen molar-refractivity contribution in [1.82, 2.24) is 4.90 Å². The van der Waals surface area contributed by atoms with Gasteiger partial charge in [0.25, 0.3) is 0 Å². The molecule has 1 aliphatic heterocycles. The maximum absolute atomic E-state index is 11.7. The number of hydrogen-bond donors (Lipinski definition) is 0. The molecule has 0 bridgehead atoms. The second-order valence-corrected chi connectivity index (χ2v) is 6.30. The number of halogens is 1. The van der Waals surface area contributed by atoms with Crippen LogP contribution in [0.4, 0.5) is 4.79 Å². The van der Waals surface area contributed by atoms with Crippen molar-refractivity contribution >= 4 is 17.7 Å². The molecule has 1 aromatic rings. The Morgan fingerprint density at radius 1 is 1.40 bits per heavy atom. The Balaban J connectivity index is 1.84. The molecule has 0 atom stereocenters. The van der Waals surface area contributed by atoms with Crippen molar-refractivity contribution in [3.05, 3.63) is 34.9 Å². The van der Waals surface area contributed by atoms with Crippen LogP contribution in [0.1, 0.15) is 26.3 Å². The van der Waals surface area contributed by atoms with Crippen LogP contribution < -0.4 is 0 Å². The van der Waals surface area contributed by atoms with Gasteiger partial charge in [-0.25, -0.2) is 4.79 Å². The summed E-state index contributed by atoms with van der Waals surface area (Å²) in [5.41, 5.74) is 0.447. The zero-order chi connectivity index (χ0) is 14.8. The van der Waals surface area contributed by atoms with Gasteiger partial charge in [0.15, 0.2) is 0 Å². The lowest BCUT2D eigenvalue weighted by atomic mass is 10.0. The largest absolute Gasteiger partial charge is 0.444 e. The maximum atomic E-state index is 11.7. The van der Waals surface area contributed by atoms with Gasteiger partial charge in [-0.2, -0.15) is 0 Å². The third-order valence-electron chi connectivity index (χ3n) is 2.78. The molecule has 0 saturated carbocycles. The smallest absolute Gasteiger partial charge is 0.410 e. The van der Waals surface area contributed by atoms with Gasteiger partial charge in [-0.05, 0) is 39.0 Å². The Hall–Kier alpha value is -1.66. The average Bonchev–Trinajstić information content (AvgIpc) is 2.24. The average molecular weight is 292 g/mol. The van der Waals surface area contributed by atoms with Crippen molar-refractivity contribution in [2.45, 2.75) is 26.4 Å². The molecule has 106 valence electrons. The van der Waals surface area contributed by atoms with E-state index in [4.69, 9.17) is 16.3 Å². The van der Waals surface area contributed by atoms with E-state index in [0.29, 0.717) is 18.1 Å². The molecule has 1 fully saturated rings. The van der Waals surface area contributed by atoms with E-state index in [9.17, 15) is 4.79 Å². The zero-order valence-electron chi connectivity index (χ0n) is 11.9. The molecule has 1 aromatic carbocycles. The summed E-state index contributed by atoms with van der Waals surface area (Å²) in [5.74, 6) is 6.44. The SMILES string of the molecule is CC(C)(C)OC(=O)N1CC(C#Cc2cccc(Cl)c2)C1. The first-order chi connectivity index (χ1) is 9.33. The summed E-state index contributed by atoms with van der Waals surface area (Å²) in [6, 6.07) is 7.45. The molecule has 4 heteroatoms. The van der Waals surface area contributed by atoms with E-state index in [1.54, 1.807) is 4.90 Å². The first kappa shape index (κ1) is 14.7. The lowest BCUT2D eigenvalue weighted by Gasteiger charge is -2.37. The minimum absolute atomic E-state index is 0.210. The first-order valence-electron chi connectivity index (χ1n) is 6.58. The number of benzene rings is 1. The summed E-state index contributed by atoms with van der Waals surface area (Å²) in [6.07, 6.45) is -0.265. The van der Waals surface area contributed by atoms with Crippen LogP contribution in [0, 0.1) is 17.8 Å². The summed E-state index contributed by atoms with van der Waals surface area (Å²) in [4.78, 5) is 13.4. The highest BCUT2D eigenvalue weighted by molar-refractivity contribution is 6.30. The highest BCUT2D eigenvalue weighted by Gasteiger charge is 2.32. The second kappa shape index (κ2) is 5.76. The quantitative estimate of drug-likeness (QED) is 0.684. The van der Waals surface area contributed by atoms with Crippen LogP contribution in [0.15, 0.2) is 24.3 Å².